The smallest absolute Gasteiger partial charge is 0.248 e. The first-order valence-corrected chi connectivity index (χ1v) is 6.74. The van der Waals surface area contributed by atoms with Crippen LogP contribution >= 0.6 is 0 Å². The lowest BCUT2D eigenvalue weighted by Crippen LogP contribution is -2.57. The van der Waals surface area contributed by atoms with Crippen LogP contribution in [0.4, 0.5) is 11.4 Å². The predicted molar refractivity (Wildman–Crippen MR) is 80.8 cm³/mol. The number of hydrogen-bond acceptors (Lipinski definition) is 4. The fourth-order valence-corrected chi connectivity index (χ4v) is 2.93. The van der Waals surface area contributed by atoms with Crippen LogP contribution in [0.2, 0.25) is 0 Å². The van der Waals surface area contributed by atoms with E-state index in [9.17, 15) is 4.79 Å². The van der Waals surface area contributed by atoms with Crippen molar-refractivity contribution in [2.24, 2.45) is 5.73 Å². The van der Waals surface area contributed by atoms with Crippen LogP contribution in [0.5, 0.6) is 0 Å². The molecule has 110 valence electrons. The number of anilines is 2. The summed E-state index contributed by atoms with van der Waals surface area (Å²) >= 11 is 0. The SMILES string of the molecule is CC1(C)CN(c2cc(C(N)=O)ccc2N)CC(C)(C)O1. The summed E-state index contributed by atoms with van der Waals surface area (Å²) in [6, 6.07) is 5.14. The standard InChI is InChI=1S/C15H23N3O2/c1-14(2)8-18(9-15(3,4)20-14)12-7-10(13(17)19)5-6-11(12)16/h5-7H,8-9,16H2,1-4H3,(H2,17,19). The molecule has 1 aromatic carbocycles. The molecule has 0 saturated carbocycles. The lowest BCUT2D eigenvalue weighted by Gasteiger charge is -2.48. The van der Waals surface area contributed by atoms with Gasteiger partial charge in [0.2, 0.25) is 5.91 Å². The number of nitrogens with zero attached hydrogens (tertiary/aromatic N) is 1. The van der Waals surface area contributed by atoms with Gasteiger partial charge in [0, 0.05) is 18.7 Å². The quantitative estimate of drug-likeness (QED) is 0.807. The Labute approximate surface area is 119 Å². The van der Waals surface area contributed by atoms with E-state index in [1.165, 1.54) is 0 Å². The Kier molecular flexibility index (Phi) is 3.42. The molecule has 1 saturated heterocycles. The second kappa shape index (κ2) is 4.66. The maximum Gasteiger partial charge on any atom is 0.248 e. The summed E-state index contributed by atoms with van der Waals surface area (Å²) in [5.74, 6) is -0.446. The molecule has 1 fully saturated rings. The Morgan fingerprint density at radius 2 is 1.75 bits per heavy atom. The second-order valence-electron chi connectivity index (χ2n) is 6.62. The van der Waals surface area contributed by atoms with Gasteiger partial charge in [0.15, 0.2) is 0 Å². The van der Waals surface area contributed by atoms with Gasteiger partial charge in [0.1, 0.15) is 0 Å². The highest BCUT2D eigenvalue weighted by Gasteiger charge is 2.38. The first kappa shape index (κ1) is 14.7. The monoisotopic (exact) mass is 277 g/mol. The van der Waals surface area contributed by atoms with Gasteiger partial charge < -0.3 is 21.1 Å². The number of morpholine rings is 1. The highest BCUT2D eigenvalue weighted by Crippen LogP contribution is 2.34. The maximum absolute atomic E-state index is 11.3. The van der Waals surface area contributed by atoms with Gasteiger partial charge in [-0.25, -0.2) is 0 Å². The summed E-state index contributed by atoms with van der Waals surface area (Å²) in [6.45, 7) is 9.62. The van der Waals surface area contributed by atoms with E-state index < -0.39 is 5.91 Å². The molecule has 0 radical (unpaired) electrons. The molecule has 2 rings (SSSR count). The predicted octanol–water partition coefficient (Wildman–Crippen LogP) is 1.76. The number of carbonyl (C=O) groups is 1. The first-order chi connectivity index (χ1) is 9.10. The molecule has 5 heteroatoms. The first-order valence-electron chi connectivity index (χ1n) is 6.74. The molecule has 0 aromatic heterocycles. The fraction of sp³-hybridized carbons (Fsp3) is 0.533. The van der Waals surface area contributed by atoms with Crippen molar-refractivity contribution in [1.29, 1.82) is 0 Å². The van der Waals surface area contributed by atoms with E-state index in [0.29, 0.717) is 24.3 Å². The number of rotatable bonds is 2. The van der Waals surface area contributed by atoms with Crippen molar-refractivity contribution in [3.63, 3.8) is 0 Å². The second-order valence-corrected chi connectivity index (χ2v) is 6.62. The summed E-state index contributed by atoms with van der Waals surface area (Å²) in [5.41, 5.74) is 12.8. The number of hydrogen-bond donors (Lipinski definition) is 2. The minimum absolute atomic E-state index is 0.281. The van der Waals surface area contributed by atoms with Gasteiger partial charge in [0.05, 0.1) is 22.6 Å². The molecule has 0 bridgehead atoms. The van der Waals surface area contributed by atoms with Crippen molar-refractivity contribution in [3.05, 3.63) is 23.8 Å². The number of nitrogens with two attached hydrogens (primary N) is 2. The van der Waals surface area contributed by atoms with E-state index in [-0.39, 0.29) is 11.2 Å². The zero-order valence-electron chi connectivity index (χ0n) is 12.6. The number of carbonyl (C=O) groups excluding carboxylic acids is 1. The van der Waals surface area contributed by atoms with Gasteiger partial charge in [0.25, 0.3) is 0 Å². The van der Waals surface area contributed by atoms with Gasteiger partial charge in [-0.05, 0) is 45.9 Å². The summed E-state index contributed by atoms with van der Waals surface area (Å²) in [6.07, 6.45) is 0. The van der Waals surface area contributed by atoms with Gasteiger partial charge in [-0.1, -0.05) is 0 Å². The fourth-order valence-electron chi connectivity index (χ4n) is 2.93. The average molecular weight is 277 g/mol. The third-order valence-corrected chi connectivity index (χ3v) is 3.35. The van der Waals surface area contributed by atoms with Gasteiger partial charge in [-0.2, -0.15) is 0 Å². The number of ether oxygens (including phenoxy) is 1. The number of amides is 1. The van der Waals surface area contributed by atoms with Crippen LogP contribution in [0, 0.1) is 0 Å². The Hall–Kier alpha value is -1.75. The molecule has 0 unspecified atom stereocenters. The van der Waals surface area contributed by atoms with Crippen molar-refractivity contribution in [1.82, 2.24) is 0 Å². The topological polar surface area (TPSA) is 81.6 Å². The van der Waals surface area contributed by atoms with Crippen molar-refractivity contribution >= 4 is 17.3 Å². The third-order valence-electron chi connectivity index (χ3n) is 3.35. The molecule has 1 aromatic rings. The Bertz CT molecular complexity index is 522. The Balaban J connectivity index is 2.40. The van der Waals surface area contributed by atoms with E-state index in [1.54, 1.807) is 18.2 Å². The van der Waals surface area contributed by atoms with Crippen molar-refractivity contribution in [3.8, 4) is 0 Å². The van der Waals surface area contributed by atoms with Crippen LogP contribution in [0.1, 0.15) is 38.1 Å². The average Bonchev–Trinajstić information content (AvgIpc) is 2.24. The summed E-state index contributed by atoms with van der Waals surface area (Å²) in [5, 5.41) is 0. The summed E-state index contributed by atoms with van der Waals surface area (Å²) in [7, 11) is 0. The van der Waals surface area contributed by atoms with Crippen LogP contribution < -0.4 is 16.4 Å². The van der Waals surface area contributed by atoms with Gasteiger partial charge >= 0.3 is 0 Å². The lowest BCUT2D eigenvalue weighted by molar-refractivity contribution is -0.133. The van der Waals surface area contributed by atoms with E-state index in [4.69, 9.17) is 16.2 Å². The minimum atomic E-state index is -0.446. The number of benzene rings is 1. The van der Waals surface area contributed by atoms with E-state index >= 15 is 0 Å². The highest BCUT2D eigenvalue weighted by molar-refractivity contribution is 5.95. The normalized spacial score (nSPS) is 20.7. The van der Waals surface area contributed by atoms with Crippen molar-refractivity contribution in [2.75, 3.05) is 23.7 Å². The molecular weight excluding hydrogens is 254 g/mol. The molecule has 4 N–H and O–H groups in total. The van der Waals surface area contributed by atoms with Crippen LogP contribution in [-0.4, -0.2) is 30.2 Å². The molecule has 1 aliphatic heterocycles. The highest BCUT2D eigenvalue weighted by atomic mass is 16.5. The van der Waals surface area contributed by atoms with Crippen LogP contribution in [-0.2, 0) is 4.74 Å². The number of nitrogen functional groups attached to an aromatic ring is 1. The molecule has 1 heterocycles. The molecule has 0 atom stereocenters. The zero-order valence-corrected chi connectivity index (χ0v) is 12.6. The van der Waals surface area contributed by atoms with E-state index in [1.807, 2.05) is 0 Å². The molecule has 1 amide bonds. The molecular formula is C15H23N3O2. The molecule has 1 aliphatic rings. The van der Waals surface area contributed by atoms with Gasteiger partial charge in [-0.3, -0.25) is 4.79 Å². The summed E-state index contributed by atoms with van der Waals surface area (Å²) in [4.78, 5) is 13.5. The molecule has 0 spiro atoms. The Morgan fingerprint density at radius 3 is 2.25 bits per heavy atom. The van der Waals surface area contributed by atoms with Crippen LogP contribution in [0.3, 0.4) is 0 Å². The van der Waals surface area contributed by atoms with Crippen LogP contribution in [0.25, 0.3) is 0 Å². The van der Waals surface area contributed by atoms with Crippen LogP contribution in [0.15, 0.2) is 18.2 Å². The van der Waals surface area contributed by atoms with E-state index in [2.05, 4.69) is 32.6 Å². The molecule has 0 aliphatic carbocycles. The maximum atomic E-state index is 11.3. The van der Waals surface area contributed by atoms with Crippen molar-refractivity contribution < 1.29 is 9.53 Å². The molecule has 20 heavy (non-hydrogen) atoms. The zero-order chi connectivity index (χ0) is 15.1. The van der Waals surface area contributed by atoms with Gasteiger partial charge in [-0.15, -0.1) is 0 Å². The molecule has 5 nitrogen and oxygen atoms in total. The van der Waals surface area contributed by atoms with E-state index in [0.717, 1.165) is 5.69 Å². The van der Waals surface area contributed by atoms with Crippen molar-refractivity contribution in [2.45, 2.75) is 38.9 Å². The largest absolute Gasteiger partial charge is 0.397 e. The Morgan fingerprint density at radius 1 is 1.20 bits per heavy atom. The third kappa shape index (κ3) is 3.04. The summed E-state index contributed by atoms with van der Waals surface area (Å²) < 4.78 is 6.06. The minimum Gasteiger partial charge on any atom is -0.397 e. The lowest BCUT2D eigenvalue weighted by atomic mass is 9.97. The number of primary amides is 1.